The molecule has 2 N–H and O–H groups in total. The van der Waals surface area contributed by atoms with E-state index in [0.717, 1.165) is 12.2 Å². The van der Waals surface area contributed by atoms with Gasteiger partial charge in [-0.3, -0.25) is 0 Å². The van der Waals surface area contributed by atoms with Crippen LogP contribution in [-0.4, -0.2) is 0 Å². The van der Waals surface area contributed by atoms with Gasteiger partial charge < -0.3 is 10.0 Å². The first-order valence-electron chi connectivity index (χ1n) is 9.88. The van der Waals surface area contributed by atoms with E-state index in [9.17, 15) is 0 Å². The summed E-state index contributed by atoms with van der Waals surface area (Å²) in [5.74, 6) is 0.898. The van der Waals surface area contributed by atoms with Gasteiger partial charge in [-0.2, -0.15) is 0 Å². The molecule has 3 aliphatic rings. The van der Waals surface area contributed by atoms with Crippen molar-refractivity contribution in [2.75, 3.05) is 5.32 Å². The summed E-state index contributed by atoms with van der Waals surface area (Å²) in [5.41, 5.74) is 9.21. The molecule has 0 bridgehead atoms. The van der Waals surface area contributed by atoms with Crippen molar-refractivity contribution in [2.24, 2.45) is 5.41 Å². The van der Waals surface area contributed by atoms with E-state index in [1.165, 1.54) is 65.8 Å². The smallest absolute Gasteiger partial charge is 0.106 e. The highest BCUT2D eigenvalue weighted by atomic mass is 32.2. The molecule has 3 aliphatic carbocycles. The molecule has 0 saturated heterocycles. The minimum Gasteiger partial charge on any atom is -0.341 e. The molecule has 3 heteroatoms. The number of nitrogens with one attached hydrogen (secondary N) is 2. The molecule has 1 aromatic rings. The van der Waals surface area contributed by atoms with Gasteiger partial charge >= 0.3 is 0 Å². The molecular formula is C23H30N2S. The van der Waals surface area contributed by atoms with Gasteiger partial charge in [0.05, 0.1) is 0 Å². The van der Waals surface area contributed by atoms with Crippen LogP contribution in [0.15, 0.2) is 41.1 Å². The Kier molecular flexibility index (Phi) is 4.68. The van der Waals surface area contributed by atoms with Crippen LogP contribution in [0.1, 0.15) is 62.3 Å². The highest BCUT2D eigenvalue weighted by Crippen LogP contribution is 2.39. The van der Waals surface area contributed by atoms with Crippen LogP contribution < -0.4 is 10.0 Å². The van der Waals surface area contributed by atoms with Gasteiger partial charge in [0, 0.05) is 10.6 Å². The normalized spacial score (nSPS) is 18.3. The summed E-state index contributed by atoms with van der Waals surface area (Å²) in [6.07, 6.45) is 13.1. The van der Waals surface area contributed by atoms with Gasteiger partial charge in [0.25, 0.3) is 0 Å². The molecule has 0 aromatic heterocycles. The van der Waals surface area contributed by atoms with Crippen molar-refractivity contribution in [3.8, 4) is 0 Å². The SMILES string of the molecule is C=C(NSC1=CC(C(C)(C)C)=CC1)Nc1c2c(cc3c1CCC3)CCC2. The van der Waals surface area contributed by atoms with Crippen LogP contribution >= 0.6 is 11.9 Å². The Bertz CT molecular complexity index is 776. The minimum absolute atomic E-state index is 0.225. The summed E-state index contributed by atoms with van der Waals surface area (Å²) < 4.78 is 3.44. The van der Waals surface area contributed by atoms with Gasteiger partial charge in [-0.1, -0.05) is 39.5 Å². The first kappa shape index (κ1) is 17.8. The van der Waals surface area contributed by atoms with E-state index in [1.54, 1.807) is 23.1 Å². The van der Waals surface area contributed by atoms with E-state index < -0.39 is 0 Å². The number of aryl methyl sites for hydroxylation is 2. The molecule has 0 spiro atoms. The third-order valence-corrected chi connectivity index (χ3v) is 6.66. The van der Waals surface area contributed by atoms with Crippen LogP contribution in [-0.2, 0) is 25.7 Å². The van der Waals surface area contributed by atoms with Crippen LogP contribution in [0.25, 0.3) is 0 Å². The zero-order valence-corrected chi connectivity index (χ0v) is 17.1. The predicted octanol–water partition coefficient (Wildman–Crippen LogP) is 6.05. The Morgan fingerprint density at radius 2 is 1.69 bits per heavy atom. The number of rotatable bonds is 5. The molecule has 1 aromatic carbocycles. The summed E-state index contributed by atoms with van der Waals surface area (Å²) >= 11 is 1.69. The molecule has 0 amide bonds. The van der Waals surface area contributed by atoms with Crippen molar-refractivity contribution in [1.82, 2.24) is 4.72 Å². The Balaban J connectivity index is 1.43. The molecule has 2 nitrogen and oxygen atoms in total. The molecule has 0 heterocycles. The maximum Gasteiger partial charge on any atom is 0.106 e. The Morgan fingerprint density at radius 1 is 1.04 bits per heavy atom. The van der Waals surface area contributed by atoms with Crippen molar-refractivity contribution >= 4 is 17.6 Å². The van der Waals surface area contributed by atoms with E-state index in [4.69, 9.17) is 0 Å². The lowest BCUT2D eigenvalue weighted by Crippen LogP contribution is -2.14. The third-order valence-electron chi connectivity index (χ3n) is 5.76. The molecule has 0 radical (unpaired) electrons. The molecular weight excluding hydrogens is 336 g/mol. The van der Waals surface area contributed by atoms with Gasteiger partial charge in [0.2, 0.25) is 0 Å². The fourth-order valence-corrected chi connectivity index (χ4v) is 5.02. The number of hydrogen-bond acceptors (Lipinski definition) is 3. The zero-order chi connectivity index (χ0) is 18.3. The molecule has 0 atom stereocenters. The monoisotopic (exact) mass is 366 g/mol. The summed E-state index contributed by atoms with van der Waals surface area (Å²) in [5, 5.41) is 3.64. The highest BCUT2D eigenvalue weighted by Gasteiger charge is 2.24. The second-order valence-electron chi connectivity index (χ2n) is 8.77. The molecule has 0 unspecified atom stereocenters. The number of anilines is 1. The molecule has 4 rings (SSSR count). The number of benzene rings is 1. The maximum absolute atomic E-state index is 4.24. The van der Waals surface area contributed by atoms with E-state index in [2.05, 4.69) is 55.6 Å². The van der Waals surface area contributed by atoms with Crippen LogP contribution in [0, 0.1) is 5.41 Å². The van der Waals surface area contributed by atoms with Crippen molar-refractivity contribution in [3.05, 3.63) is 63.4 Å². The van der Waals surface area contributed by atoms with Crippen molar-refractivity contribution in [2.45, 2.75) is 65.7 Å². The molecule has 138 valence electrons. The lowest BCUT2D eigenvalue weighted by atomic mass is 9.87. The van der Waals surface area contributed by atoms with E-state index >= 15 is 0 Å². The molecule has 0 saturated carbocycles. The molecule has 0 aliphatic heterocycles. The fraction of sp³-hybridized carbons (Fsp3) is 0.478. The van der Waals surface area contributed by atoms with Crippen molar-refractivity contribution < 1.29 is 0 Å². The quantitative estimate of drug-likeness (QED) is 0.621. The number of fused-ring (bicyclic) bond motifs is 2. The topological polar surface area (TPSA) is 24.1 Å². The first-order valence-corrected chi connectivity index (χ1v) is 10.7. The highest BCUT2D eigenvalue weighted by molar-refractivity contribution is 8.01. The number of hydrogen-bond donors (Lipinski definition) is 2. The molecule has 26 heavy (non-hydrogen) atoms. The Hall–Kier alpha value is -1.61. The zero-order valence-electron chi connectivity index (χ0n) is 16.3. The van der Waals surface area contributed by atoms with Gasteiger partial charge in [-0.25, -0.2) is 0 Å². The molecule has 0 fully saturated rings. The van der Waals surface area contributed by atoms with E-state index in [-0.39, 0.29) is 5.41 Å². The third kappa shape index (κ3) is 3.46. The summed E-state index contributed by atoms with van der Waals surface area (Å²) in [4.78, 5) is 1.36. The summed E-state index contributed by atoms with van der Waals surface area (Å²) in [7, 11) is 0. The minimum atomic E-state index is 0.225. The maximum atomic E-state index is 4.24. The average Bonchev–Trinajstić information content (AvgIpc) is 3.31. The lowest BCUT2D eigenvalue weighted by molar-refractivity contribution is 0.518. The Labute approximate surface area is 162 Å². The second kappa shape index (κ2) is 6.84. The predicted molar refractivity (Wildman–Crippen MR) is 114 cm³/mol. The lowest BCUT2D eigenvalue weighted by Gasteiger charge is -2.19. The van der Waals surface area contributed by atoms with Crippen LogP contribution in [0.5, 0.6) is 0 Å². The number of allylic oxidation sites excluding steroid dienone is 4. The second-order valence-corrected chi connectivity index (χ2v) is 9.70. The van der Waals surface area contributed by atoms with E-state index in [1.807, 2.05) is 0 Å². The fourth-order valence-electron chi connectivity index (χ4n) is 4.37. The average molecular weight is 367 g/mol. The van der Waals surface area contributed by atoms with Crippen LogP contribution in [0.2, 0.25) is 0 Å². The Morgan fingerprint density at radius 3 is 2.27 bits per heavy atom. The van der Waals surface area contributed by atoms with Crippen LogP contribution in [0.3, 0.4) is 0 Å². The van der Waals surface area contributed by atoms with Gasteiger partial charge in [0.1, 0.15) is 5.82 Å². The van der Waals surface area contributed by atoms with Gasteiger partial charge in [-0.05, 0) is 96.2 Å². The van der Waals surface area contributed by atoms with Crippen molar-refractivity contribution in [1.29, 1.82) is 0 Å². The van der Waals surface area contributed by atoms with Gasteiger partial charge in [0.15, 0.2) is 0 Å². The summed E-state index contributed by atoms with van der Waals surface area (Å²) in [6.45, 7) is 11.1. The largest absolute Gasteiger partial charge is 0.341 e. The van der Waals surface area contributed by atoms with E-state index in [0.29, 0.717) is 0 Å². The first-order chi connectivity index (χ1) is 12.4. The van der Waals surface area contributed by atoms with Crippen LogP contribution in [0.4, 0.5) is 5.69 Å². The van der Waals surface area contributed by atoms with Crippen molar-refractivity contribution in [3.63, 3.8) is 0 Å². The summed E-state index contributed by atoms with van der Waals surface area (Å²) in [6, 6.07) is 2.48. The van der Waals surface area contributed by atoms with Gasteiger partial charge in [-0.15, -0.1) is 0 Å². The standard InChI is InChI=1S/C23H30N2S/c1-15(25-26-19-12-11-18(14-19)23(2,3)4)24-22-20-9-5-7-16(20)13-17-8-6-10-21(17)22/h11,13-14,24-25H,1,5-10,12H2,2-4H3.